The van der Waals surface area contributed by atoms with Gasteiger partial charge in [0, 0.05) is 11.6 Å². The lowest BCUT2D eigenvalue weighted by Crippen LogP contribution is -2.44. The summed E-state index contributed by atoms with van der Waals surface area (Å²) in [5, 5.41) is 0. The first-order chi connectivity index (χ1) is 11.2. The first-order valence-electron chi connectivity index (χ1n) is 9.39. The van der Waals surface area contributed by atoms with Crippen LogP contribution in [0.4, 0.5) is 0 Å². The van der Waals surface area contributed by atoms with E-state index in [9.17, 15) is 9.59 Å². The van der Waals surface area contributed by atoms with Crippen LogP contribution in [0, 0.1) is 17.8 Å². The quantitative estimate of drug-likeness (QED) is 0.720. The lowest BCUT2D eigenvalue weighted by molar-refractivity contribution is -0.159. The molecule has 4 heteroatoms. The molecule has 0 aromatic rings. The van der Waals surface area contributed by atoms with Crippen LogP contribution >= 0.6 is 0 Å². The van der Waals surface area contributed by atoms with Crippen LogP contribution < -0.4 is 0 Å². The Balaban J connectivity index is 2.01. The maximum atomic E-state index is 12.8. The van der Waals surface area contributed by atoms with Crippen LogP contribution in [-0.2, 0) is 14.3 Å². The molecule has 1 fully saturated rings. The van der Waals surface area contributed by atoms with Gasteiger partial charge in [0.15, 0.2) is 0 Å². The van der Waals surface area contributed by atoms with E-state index in [4.69, 9.17) is 4.74 Å². The molecule has 0 aromatic heterocycles. The second kappa shape index (κ2) is 7.71. The van der Waals surface area contributed by atoms with Gasteiger partial charge in [-0.05, 0) is 46.0 Å². The van der Waals surface area contributed by atoms with Crippen LogP contribution in [0.5, 0.6) is 0 Å². The van der Waals surface area contributed by atoms with E-state index in [1.807, 2.05) is 34.6 Å². The van der Waals surface area contributed by atoms with Crippen molar-refractivity contribution in [2.45, 2.75) is 78.7 Å². The number of nitrogens with zero attached hydrogens (tertiary/aromatic N) is 1. The van der Waals surface area contributed by atoms with Gasteiger partial charge >= 0.3 is 5.97 Å². The van der Waals surface area contributed by atoms with Crippen LogP contribution in [0.15, 0.2) is 11.8 Å². The van der Waals surface area contributed by atoms with Gasteiger partial charge in [-0.1, -0.05) is 45.1 Å². The summed E-state index contributed by atoms with van der Waals surface area (Å²) in [6.45, 7) is 9.47. The Morgan fingerprint density at radius 2 is 1.88 bits per heavy atom. The molecule has 2 unspecified atom stereocenters. The Bertz CT molecular complexity index is 498. The van der Waals surface area contributed by atoms with E-state index in [1.54, 1.807) is 4.90 Å². The SMILES string of the molecule is CC1=CC(CC2CCCCC2)C(C)C(=O)N1CC(=O)OC(C)(C)C. The fourth-order valence-electron chi connectivity index (χ4n) is 3.93. The number of amides is 1. The van der Waals surface area contributed by atoms with E-state index in [0.29, 0.717) is 5.92 Å². The highest BCUT2D eigenvalue weighted by Gasteiger charge is 2.35. The highest BCUT2D eigenvalue weighted by Crippen LogP contribution is 2.36. The van der Waals surface area contributed by atoms with Crippen molar-refractivity contribution < 1.29 is 14.3 Å². The summed E-state index contributed by atoms with van der Waals surface area (Å²) in [4.78, 5) is 26.4. The largest absolute Gasteiger partial charge is 0.459 e. The van der Waals surface area contributed by atoms with Gasteiger partial charge in [-0.15, -0.1) is 0 Å². The van der Waals surface area contributed by atoms with Crippen molar-refractivity contribution >= 4 is 11.9 Å². The van der Waals surface area contributed by atoms with Crippen molar-refractivity contribution in [3.63, 3.8) is 0 Å². The number of allylic oxidation sites excluding steroid dienone is 2. The molecule has 0 aromatic carbocycles. The number of rotatable bonds is 4. The van der Waals surface area contributed by atoms with Crippen LogP contribution in [0.3, 0.4) is 0 Å². The molecule has 0 spiro atoms. The minimum absolute atomic E-state index is 0.0128. The molecule has 2 aliphatic rings. The third-order valence-corrected chi connectivity index (χ3v) is 5.22. The first kappa shape index (κ1) is 19.0. The molecule has 1 aliphatic carbocycles. The molecular weight excluding hydrogens is 302 g/mol. The van der Waals surface area contributed by atoms with Crippen LogP contribution in [-0.4, -0.2) is 28.9 Å². The second-order valence-corrected chi connectivity index (χ2v) is 8.51. The van der Waals surface area contributed by atoms with Gasteiger partial charge in [0.05, 0.1) is 0 Å². The zero-order valence-corrected chi connectivity index (χ0v) is 15.9. The maximum absolute atomic E-state index is 12.8. The Labute approximate surface area is 146 Å². The van der Waals surface area contributed by atoms with Gasteiger partial charge in [0.2, 0.25) is 5.91 Å². The fraction of sp³-hybridized carbons (Fsp3) is 0.800. The van der Waals surface area contributed by atoms with Crippen molar-refractivity contribution in [1.29, 1.82) is 0 Å². The van der Waals surface area contributed by atoms with Crippen molar-refractivity contribution in [1.82, 2.24) is 4.90 Å². The van der Waals surface area contributed by atoms with Gasteiger partial charge in [-0.3, -0.25) is 9.59 Å². The number of carbonyl (C=O) groups is 2. The van der Waals surface area contributed by atoms with E-state index >= 15 is 0 Å². The molecule has 136 valence electrons. The van der Waals surface area contributed by atoms with E-state index in [2.05, 4.69) is 6.08 Å². The highest BCUT2D eigenvalue weighted by atomic mass is 16.6. The minimum Gasteiger partial charge on any atom is -0.459 e. The summed E-state index contributed by atoms with van der Waals surface area (Å²) in [5.41, 5.74) is 0.368. The van der Waals surface area contributed by atoms with Crippen LogP contribution in [0.2, 0.25) is 0 Å². The van der Waals surface area contributed by atoms with E-state index in [0.717, 1.165) is 18.0 Å². The van der Waals surface area contributed by atoms with E-state index in [-0.39, 0.29) is 24.3 Å². The Morgan fingerprint density at radius 1 is 1.25 bits per heavy atom. The highest BCUT2D eigenvalue weighted by molar-refractivity contribution is 5.86. The van der Waals surface area contributed by atoms with Gasteiger partial charge < -0.3 is 9.64 Å². The lowest BCUT2D eigenvalue weighted by Gasteiger charge is -2.36. The third kappa shape index (κ3) is 5.09. The smallest absolute Gasteiger partial charge is 0.326 e. The van der Waals surface area contributed by atoms with E-state index in [1.165, 1.54) is 32.1 Å². The Morgan fingerprint density at radius 3 is 2.46 bits per heavy atom. The predicted molar refractivity (Wildman–Crippen MR) is 95.2 cm³/mol. The molecule has 1 amide bonds. The Hall–Kier alpha value is -1.32. The third-order valence-electron chi connectivity index (χ3n) is 5.22. The summed E-state index contributed by atoms with van der Waals surface area (Å²) < 4.78 is 5.36. The summed E-state index contributed by atoms with van der Waals surface area (Å²) in [6.07, 6.45) is 9.90. The van der Waals surface area contributed by atoms with Crippen molar-refractivity contribution in [2.24, 2.45) is 17.8 Å². The minimum atomic E-state index is -0.525. The summed E-state index contributed by atoms with van der Waals surface area (Å²) in [7, 11) is 0. The zero-order chi connectivity index (χ0) is 17.9. The Kier molecular flexibility index (Phi) is 6.11. The van der Waals surface area contributed by atoms with Crippen molar-refractivity contribution in [3.05, 3.63) is 11.8 Å². The second-order valence-electron chi connectivity index (χ2n) is 8.51. The average molecular weight is 335 g/mol. The first-order valence-corrected chi connectivity index (χ1v) is 9.39. The number of hydrogen-bond donors (Lipinski definition) is 0. The van der Waals surface area contributed by atoms with Gasteiger partial charge in [0.1, 0.15) is 12.1 Å². The molecule has 24 heavy (non-hydrogen) atoms. The molecule has 2 atom stereocenters. The molecular formula is C20H33NO3. The predicted octanol–water partition coefficient (Wildman–Crippen LogP) is 4.30. The number of hydrogen-bond acceptors (Lipinski definition) is 3. The van der Waals surface area contributed by atoms with Crippen LogP contribution in [0.1, 0.15) is 73.1 Å². The fourth-order valence-corrected chi connectivity index (χ4v) is 3.93. The zero-order valence-electron chi connectivity index (χ0n) is 15.9. The topological polar surface area (TPSA) is 46.6 Å². The van der Waals surface area contributed by atoms with Crippen LogP contribution in [0.25, 0.3) is 0 Å². The monoisotopic (exact) mass is 335 g/mol. The molecule has 1 saturated carbocycles. The molecule has 0 bridgehead atoms. The van der Waals surface area contributed by atoms with Gasteiger partial charge in [0.25, 0.3) is 0 Å². The molecule has 0 saturated heterocycles. The van der Waals surface area contributed by atoms with Gasteiger partial charge in [-0.2, -0.15) is 0 Å². The molecule has 2 rings (SSSR count). The average Bonchev–Trinajstić information content (AvgIpc) is 2.48. The standard InChI is InChI=1S/C20H33NO3/c1-14-11-17(12-16-9-7-6-8-10-16)15(2)19(23)21(14)13-18(22)24-20(3,4)5/h11,15-17H,6-10,12-13H2,1-5H3. The molecule has 0 radical (unpaired) electrons. The summed E-state index contributed by atoms with van der Waals surface area (Å²) in [5.74, 6) is 0.706. The molecule has 1 aliphatic heterocycles. The molecule has 4 nitrogen and oxygen atoms in total. The molecule has 0 N–H and O–H groups in total. The maximum Gasteiger partial charge on any atom is 0.326 e. The number of carbonyl (C=O) groups excluding carboxylic acids is 2. The van der Waals surface area contributed by atoms with E-state index < -0.39 is 5.60 Å². The molecule has 1 heterocycles. The van der Waals surface area contributed by atoms with Crippen molar-refractivity contribution in [3.8, 4) is 0 Å². The summed E-state index contributed by atoms with van der Waals surface area (Å²) >= 11 is 0. The number of ether oxygens (including phenoxy) is 1. The normalized spacial score (nSPS) is 26.3. The number of esters is 1. The van der Waals surface area contributed by atoms with Gasteiger partial charge in [-0.25, -0.2) is 0 Å². The lowest BCUT2D eigenvalue weighted by atomic mass is 9.77. The van der Waals surface area contributed by atoms with Crippen molar-refractivity contribution in [2.75, 3.05) is 6.54 Å². The summed E-state index contributed by atoms with van der Waals surface area (Å²) in [6, 6.07) is 0.